The van der Waals surface area contributed by atoms with Crippen LogP contribution in [0.4, 0.5) is 5.82 Å². The Morgan fingerprint density at radius 1 is 1.50 bits per heavy atom. The zero-order valence-electron chi connectivity index (χ0n) is 10.3. The van der Waals surface area contributed by atoms with Gasteiger partial charge in [-0.2, -0.15) is 0 Å². The maximum absolute atomic E-state index is 12.1. The summed E-state index contributed by atoms with van der Waals surface area (Å²) >= 11 is 3.31. The van der Waals surface area contributed by atoms with Crippen molar-refractivity contribution in [2.24, 2.45) is 0 Å². The van der Waals surface area contributed by atoms with E-state index in [1.807, 2.05) is 13.0 Å². The minimum atomic E-state index is -0.127. The van der Waals surface area contributed by atoms with Crippen molar-refractivity contribution in [3.05, 3.63) is 22.8 Å². The maximum atomic E-state index is 12.1. The van der Waals surface area contributed by atoms with Crippen molar-refractivity contribution in [2.75, 3.05) is 31.5 Å². The van der Waals surface area contributed by atoms with Gasteiger partial charge in [-0.05, 0) is 35.0 Å². The van der Waals surface area contributed by atoms with Crippen molar-refractivity contribution >= 4 is 27.7 Å². The first kappa shape index (κ1) is 13.5. The number of carbonyl (C=O) groups is 1. The largest absolute Gasteiger partial charge is 0.314 e. The predicted molar refractivity (Wildman–Crippen MR) is 74.5 cm³/mol. The van der Waals surface area contributed by atoms with E-state index in [1.54, 1.807) is 12.3 Å². The van der Waals surface area contributed by atoms with E-state index in [0.29, 0.717) is 5.82 Å². The molecule has 2 rings (SSSR count). The van der Waals surface area contributed by atoms with Gasteiger partial charge in [0.25, 0.3) is 0 Å². The number of rotatable bonds is 3. The van der Waals surface area contributed by atoms with Crippen LogP contribution in [0.15, 0.2) is 22.8 Å². The summed E-state index contributed by atoms with van der Waals surface area (Å²) in [5.74, 6) is 0.580. The lowest BCUT2D eigenvalue weighted by molar-refractivity contribution is -0.121. The fourth-order valence-electron chi connectivity index (χ4n) is 1.92. The molecule has 98 valence electrons. The molecule has 0 bridgehead atoms. The summed E-state index contributed by atoms with van der Waals surface area (Å²) in [6.45, 7) is 5.62. The summed E-state index contributed by atoms with van der Waals surface area (Å²) in [4.78, 5) is 18.4. The monoisotopic (exact) mass is 312 g/mol. The summed E-state index contributed by atoms with van der Waals surface area (Å²) < 4.78 is 0.899. The quantitative estimate of drug-likeness (QED) is 0.877. The SMILES string of the molecule is CC(C(=O)Nc1ccc(Br)cn1)N1CCNCC1. The van der Waals surface area contributed by atoms with E-state index < -0.39 is 0 Å². The van der Waals surface area contributed by atoms with E-state index >= 15 is 0 Å². The zero-order chi connectivity index (χ0) is 13.0. The number of piperazine rings is 1. The summed E-state index contributed by atoms with van der Waals surface area (Å²) in [6.07, 6.45) is 1.67. The van der Waals surface area contributed by atoms with E-state index in [2.05, 4.69) is 36.4 Å². The van der Waals surface area contributed by atoms with Crippen LogP contribution < -0.4 is 10.6 Å². The Kier molecular flexibility index (Phi) is 4.68. The number of aromatic nitrogens is 1. The standard InChI is InChI=1S/C12H17BrN4O/c1-9(17-6-4-14-5-7-17)12(18)16-11-3-2-10(13)8-15-11/h2-3,8-9,14H,4-7H2,1H3,(H,15,16,18). The molecule has 1 saturated heterocycles. The van der Waals surface area contributed by atoms with Crippen LogP contribution in [0.25, 0.3) is 0 Å². The summed E-state index contributed by atoms with van der Waals surface area (Å²) in [5, 5.41) is 6.11. The first-order chi connectivity index (χ1) is 8.66. The smallest absolute Gasteiger partial charge is 0.242 e. The molecule has 0 saturated carbocycles. The van der Waals surface area contributed by atoms with E-state index in [-0.39, 0.29) is 11.9 Å². The van der Waals surface area contributed by atoms with E-state index in [4.69, 9.17) is 0 Å². The van der Waals surface area contributed by atoms with Crippen molar-refractivity contribution in [1.82, 2.24) is 15.2 Å². The Morgan fingerprint density at radius 3 is 2.83 bits per heavy atom. The van der Waals surface area contributed by atoms with Crippen LogP contribution in [0.2, 0.25) is 0 Å². The van der Waals surface area contributed by atoms with Gasteiger partial charge in [0.1, 0.15) is 5.82 Å². The minimum Gasteiger partial charge on any atom is -0.314 e. The molecular formula is C12H17BrN4O. The number of nitrogens with zero attached hydrogens (tertiary/aromatic N) is 2. The highest BCUT2D eigenvalue weighted by molar-refractivity contribution is 9.10. The third kappa shape index (κ3) is 3.51. The molecule has 1 amide bonds. The van der Waals surface area contributed by atoms with Gasteiger partial charge in [-0.1, -0.05) is 0 Å². The Hall–Kier alpha value is -0.980. The van der Waals surface area contributed by atoms with Crippen LogP contribution in [0.3, 0.4) is 0 Å². The van der Waals surface area contributed by atoms with Crippen LogP contribution >= 0.6 is 15.9 Å². The Labute approximate surface area is 115 Å². The molecule has 0 aromatic carbocycles. The Morgan fingerprint density at radius 2 is 2.22 bits per heavy atom. The fourth-order valence-corrected chi connectivity index (χ4v) is 2.15. The van der Waals surface area contributed by atoms with Gasteiger partial charge in [-0.25, -0.2) is 4.98 Å². The highest BCUT2D eigenvalue weighted by Crippen LogP contribution is 2.11. The maximum Gasteiger partial charge on any atom is 0.242 e. The highest BCUT2D eigenvalue weighted by Gasteiger charge is 2.22. The lowest BCUT2D eigenvalue weighted by Gasteiger charge is -2.31. The molecule has 18 heavy (non-hydrogen) atoms. The first-order valence-corrected chi connectivity index (χ1v) is 6.83. The molecule has 2 heterocycles. The van der Waals surface area contributed by atoms with Crippen LogP contribution in [0.5, 0.6) is 0 Å². The Bertz CT molecular complexity index is 403. The van der Waals surface area contributed by atoms with Crippen LogP contribution in [0, 0.1) is 0 Å². The van der Waals surface area contributed by atoms with Gasteiger partial charge in [-0.3, -0.25) is 9.69 Å². The zero-order valence-corrected chi connectivity index (χ0v) is 11.9. The second-order valence-corrected chi connectivity index (χ2v) is 5.23. The van der Waals surface area contributed by atoms with Crippen molar-refractivity contribution in [1.29, 1.82) is 0 Å². The number of halogens is 1. The molecule has 0 spiro atoms. The van der Waals surface area contributed by atoms with Gasteiger partial charge in [0.2, 0.25) is 5.91 Å². The number of nitrogens with one attached hydrogen (secondary N) is 2. The summed E-state index contributed by atoms with van der Waals surface area (Å²) in [7, 11) is 0. The van der Waals surface area contributed by atoms with E-state index in [9.17, 15) is 4.79 Å². The van der Waals surface area contributed by atoms with Gasteiger partial charge in [0.15, 0.2) is 0 Å². The summed E-state index contributed by atoms with van der Waals surface area (Å²) in [5.41, 5.74) is 0. The van der Waals surface area contributed by atoms with Crippen LogP contribution in [-0.4, -0.2) is 48.0 Å². The van der Waals surface area contributed by atoms with Gasteiger partial charge in [0.05, 0.1) is 6.04 Å². The first-order valence-electron chi connectivity index (χ1n) is 6.04. The average Bonchev–Trinajstić information content (AvgIpc) is 2.41. The average molecular weight is 313 g/mol. The molecule has 6 heteroatoms. The van der Waals surface area contributed by atoms with Gasteiger partial charge < -0.3 is 10.6 Å². The minimum absolute atomic E-state index is 0.00766. The van der Waals surface area contributed by atoms with Gasteiger partial charge in [0, 0.05) is 36.8 Å². The molecule has 1 unspecified atom stereocenters. The molecule has 5 nitrogen and oxygen atoms in total. The molecule has 1 aromatic rings. The molecule has 1 fully saturated rings. The number of amides is 1. The predicted octanol–water partition coefficient (Wildman–Crippen LogP) is 1.08. The topological polar surface area (TPSA) is 57.3 Å². The number of hydrogen-bond acceptors (Lipinski definition) is 4. The Balaban J connectivity index is 1.92. The molecule has 2 N–H and O–H groups in total. The van der Waals surface area contributed by atoms with Crippen molar-refractivity contribution < 1.29 is 4.79 Å². The molecule has 0 radical (unpaired) electrons. The molecule has 1 atom stereocenters. The third-order valence-electron chi connectivity index (χ3n) is 3.06. The second-order valence-electron chi connectivity index (χ2n) is 4.31. The molecule has 1 aliphatic rings. The lowest BCUT2D eigenvalue weighted by Crippen LogP contribution is -2.51. The third-order valence-corrected chi connectivity index (χ3v) is 3.53. The second kappa shape index (κ2) is 6.26. The number of carbonyl (C=O) groups excluding carboxylic acids is 1. The van der Waals surface area contributed by atoms with Gasteiger partial charge >= 0.3 is 0 Å². The highest BCUT2D eigenvalue weighted by atomic mass is 79.9. The lowest BCUT2D eigenvalue weighted by atomic mass is 10.2. The number of pyridine rings is 1. The summed E-state index contributed by atoms with van der Waals surface area (Å²) in [6, 6.07) is 3.52. The van der Waals surface area contributed by atoms with E-state index in [0.717, 1.165) is 30.7 Å². The van der Waals surface area contributed by atoms with Crippen LogP contribution in [-0.2, 0) is 4.79 Å². The number of anilines is 1. The van der Waals surface area contributed by atoms with Crippen LogP contribution in [0.1, 0.15) is 6.92 Å². The van der Waals surface area contributed by atoms with Crippen molar-refractivity contribution in [3.8, 4) is 0 Å². The van der Waals surface area contributed by atoms with Crippen molar-refractivity contribution in [2.45, 2.75) is 13.0 Å². The molecular weight excluding hydrogens is 296 g/mol. The normalized spacial score (nSPS) is 18.3. The molecule has 1 aromatic heterocycles. The van der Waals surface area contributed by atoms with Gasteiger partial charge in [-0.15, -0.1) is 0 Å². The van der Waals surface area contributed by atoms with Crippen molar-refractivity contribution in [3.63, 3.8) is 0 Å². The molecule has 0 aliphatic carbocycles. The van der Waals surface area contributed by atoms with E-state index in [1.165, 1.54) is 0 Å². The fraction of sp³-hybridized carbons (Fsp3) is 0.500. The molecule has 1 aliphatic heterocycles. The number of hydrogen-bond donors (Lipinski definition) is 2.